The number of anilines is 2. The Labute approximate surface area is 118 Å². The molecule has 3 N–H and O–H groups in total. The van der Waals surface area contributed by atoms with Crippen molar-refractivity contribution in [3.05, 3.63) is 53.1 Å². The number of nitrogen functional groups attached to an aromatic ring is 1. The largest absolute Gasteiger partial charge is 0.496 e. The van der Waals surface area contributed by atoms with Crippen molar-refractivity contribution in [2.75, 3.05) is 18.2 Å². The molecule has 0 bridgehead atoms. The third-order valence-electron chi connectivity index (χ3n) is 3.11. The Morgan fingerprint density at radius 3 is 2.60 bits per heavy atom. The van der Waals surface area contributed by atoms with Crippen LogP contribution in [0, 0.1) is 13.8 Å². The van der Waals surface area contributed by atoms with Gasteiger partial charge in [-0.2, -0.15) is 0 Å². The molecule has 0 saturated heterocycles. The minimum atomic E-state index is -0.212. The van der Waals surface area contributed by atoms with Crippen molar-refractivity contribution in [1.82, 2.24) is 0 Å². The highest BCUT2D eigenvalue weighted by atomic mass is 16.5. The number of carbonyl (C=O) groups is 1. The molecule has 0 heterocycles. The molecule has 4 nitrogen and oxygen atoms in total. The smallest absolute Gasteiger partial charge is 0.259 e. The van der Waals surface area contributed by atoms with E-state index in [0.717, 1.165) is 16.8 Å². The van der Waals surface area contributed by atoms with Crippen molar-refractivity contribution in [1.29, 1.82) is 0 Å². The second-order valence-electron chi connectivity index (χ2n) is 4.73. The van der Waals surface area contributed by atoms with Crippen LogP contribution in [0.5, 0.6) is 5.75 Å². The van der Waals surface area contributed by atoms with Crippen molar-refractivity contribution < 1.29 is 9.53 Å². The van der Waals surface area contributed by atoms with Gasteiger partial charge in [0, 0.05) is 17.4 Å². The fraction of sp³-hybridized carbons (Fsp3) is 0.188. The first-order chi connectivity index (χ1) is 9.51. The Balaban J connectivity index is 2.30. The zero-order chi connectivity index (χ0) is 14.7. The molecule has 0 aliphatic rings. The summed E-state index contributed by atoms with van der Waals surface area (Å²) in [5.41, 5.74) is 9.61. The normalized spacial score (nSPS) is 10.2. The second-order valence-corrected chi connectivity index (χ2v) is 4.73. The summed E-state index contributed by atoms with van der Waals surface area (Å²) in [6.07, 6.45) is 0. The predicted octanol–water partition coefficient (Wildman–Crippen LogP) is 3.15. The molecule has 2 rings (SSSR count). The van der Waals surface area contributed by atoms with Gasteiger partial charge in [-0.1, -0.05) is 12.1 Å². The maximum atomic E-state index is 12.3. The molecule has 4 heteroatoms. The van der Waals surface area contributed by atoms with Crippen LogP contribution in [0.15, 0.2) is 36.4 Å². The van der Waals surface area contributed by atoms with Crippen LogP contribution in [0.1, 0.15) is 21.5 Å². The van der Waals surface area contributed by atoms with Crippen LogP contribution in [0.2, 0.25) is 0 Å². The molecule has 0 atom stereocenters. The van der Waals surface area contributed by atoms with E-state index in [9.17, 15) is 4.79 Å². The topological polar surface area (TPSA) is 64.3 Å². The first kappa shape index (κ1) is 13.9. The standard InChI is InChI=1S/C16H18N2O2/c1-10-4-5-11(2)14(8-10)18-16(19)13-7-6-12(17)9-15(13)20-3/h4-9H,17H2,1-3H3,(H,18,19). The molecule has 20 heavy (non-hydrogen) atoms. The molecule has 0 aromatic heterocycles. The van der Waals surface area contributed by atoms with E-state index in [1.165, 1.54) is 7.11 Å². The molecule has 2 aromatic rings. The van der Waals surface area contributed by atoms with Crippen molar-refractivity contribution in [3.8, 4) is 5.75 Å². The fourth-order valence-electron chi connectivity index (χ4n) is 1.96. The highest BCUT2D eigenvalue weighted by molar-refractivity contribution is 6.06. The van der Waals surface area contributed by atoms with E-state index in [1.807, 2.05) is 32.0 Å². The SMILES string of the molecule is COc1cc(N)ccc1C(=O)Nc1cc(C)ccc1C. The minimum Gasteiger partial charge on any atom is -0.496 e. The van der Waals surface area contributed by atoms with Gasteiger partial charge in [-0.05, 0) is 43.2 Å². The molecule has 104 valence electrons. The average molecular weight is 270 g/mol. The van der Waals surface area contributed by atoms with E-state index in [2.05, 4.69) is 5.32 Å². The van der Waals surface area contributed by atoms with Gasteiger partial charge in [0.1, 0.15) is 5.75 Å². The van der Waals surface area contributed by atoms with Gasteiger partial charge in [-0.15, -0.1) is 0 Å². The summed E-state index contributed by atoms with van der Waals surface area (Å²) in [7, 11) is 1.52. The van der Waals surface area contributed by atoms with Crippen molar-refractivity contribution >= 4 is 17.3 Å². The van der Waals surface area contributed by atoms with Crippen LogP contribution >= 0.6 is 0 Å². The highest BCUT2D eigenvalue weighted by Gasteiger charge is 2.13. The number of methoxy groups -OCH3 is 1. The molecule has 0 aliphatic heterocycles. The van der Waals surface area contributed by atoms with Crippen molar-refractivity contribution in [2.24, 2.45) is 0 Å². The van der Waals surface area contributed by atoms with Gasteiger partial charge in [-0.25, -0.2) is 0 Å². The third kappa shape index (κ3) is 2.91. The Morgan fingerprint density at radius 2 is 1.90 bits per heavy atom. The van der Waals surface area contributed by atoms with E-state index in [0.29, 0.717) is 17.0 Å². The molecule has 0 saturated carbocycles. The monoisotopic (exact) mass is 270 g/mol. The van der Waals surface area contributed by atoms with E-state index < -0.39 is 0 Å². The molecule has 0 spiro atoms. The van der Waals surface area contributed by atoms with E-state index in [4.69, 9.17) is 10.5 Å². The van der Waals surface area contributed by atoms with Crippen LogP contribution in [0.4, 0.5) is 11.4 Å². The van der Waals surface area contributed by atoms with Crippen LogP contribution in [0.25, 0.3) is 0 Å². The number of benzene rings is 2. The molecule has 2 aromatic carbocycles. The number of hydrogen-bond donors (Lipinski definition) is 2. The zero-order valence-electron chi connectivity index (χ0n) is 11.9. The summed E-state index contributed by atoms with van der Waals surface area (Å²) in [6.45, 7) is 3.94. The van der Waals surface area contributed by atoms with Crippen LogP contribution in [-0.4, -0.2) is 13.0 Å². The molecule has 0 radical (unpaired) electrons. The number of nitrogens with one attached hydrogen (secondary N) is 1. The van der Waals surface area contributed by atoms with Gasteiger partial charge >= 0.3 is 0 Å². The Bertz CT molecular complexity index is 651. The number of nitrogens with two attached hydrogens (primary N) is 1. The molecule has 0 unspecified atom stereocenters. The Kier molecular flexibility index (Phi) is 3.94. The highest BCUT2D eigenvalue weighted by Crippen LogP contribution is 2.24. The van der Waals surface area contributed by atoms with Gasteiger partial charge in [0.25, 0.3) is 5.91 Å². The number of carbonyl (C=O) groups excluding carboxylic acids is 1. The number of ether oxygens (including phenoxy) is 1. The van der Waals surface area contributed by atoms with E-state index in [-0.39, 0.29) is 5.91 Å². The number of hydrogen-bond acceptors (Lipinski definition) is 3. The average Bonchev–Trinajstić information content (AvgIpc) is 2.42. The molecule has 0 fully saturated rings. The third-order valence-corrected chi connectivity index (χ3v) is 3.11. The lowest BCUT2D eigenvalue weighted by Gasteiger charge is -2.12. The molecule has 0 aliphatic carbocycles. The van der Waals surface area contributed by atoms with Gasteiger partial charge in [-0.3, -0.25) is 4.79 Å². The lowest BCUT2D eigenvalue weighted by molar-refractivity contribution is 0.102. The van der Waals surface area contributed by atoms with Crippen LogP contribution in [-0.2, 0) is 0 Å². The predicted molar refractivity (Wildman–Crippen MR) is 81.3 cm³/mol. The van der Waals surface area contributed by atoms with Crippen molar-refractivity contribution in [2.45, 2.75) is 13.8 Å². The maximum Gasteiger partial charge on any atom is 0.259 e. The van der Waals surface area contributed by atoms with Crippen LogP contribution in [0.3, 0.4) is 0 Å². The van der Waals surface area contributed by atoms with Gasteiger partial charge in [0.15, 0.2) is 0 Å². The summed E-state index contributed by atoms with van der Waals surface area (Å²) in [5, 5.41) is 2.90. The lowest BCUT2D eigenvalue weighted by atomic mass is 10.1. The Morgan fingerprint density at radius 1 is 1.15 bits per heavy atom. The summed E-state index contributed by atoms with van der Waals surface area (Å²) in [6, 6.07) is 10.9. The van der Waals surface area contributed by atoms with Crippen molar-refractivity contribution in [3.63, 3.8) is 0 Å². The van der Waals surface area contributed by atoms with E-state index >= 15 is 0 Å². The van der Waals surface area contributed by atoms with Gasteiger partial charge < -0.3 is 15.8 Å². The maximum absolute atomic E-state index is 12.3. The molecular formula is C16H18N2O2. The first-order valence-corrected chi connectivity index (χ1v) is 6.33. The summed E-state index contributed by atoms with van der Waals surface area (Å²) >= 11 is 0. The fourth-order valence-corrected chi connectivity index (χ4v) is 1.96. The zero-order valence-corrected chi connectivity index (χ0v) is 11.9. The van der Waals surface area contributed by atoms with Gasteiger partial charge in [0.05, 0.1) is 12.7 Å². The van der Waals surface area contributed by atoms with E-state index in [1.54, 1.807) is 18.2 Å². The second kappa shape index (κ2) is 5.65. The lowest BCUT2D eigenvalue weighted by Crippen LogP contribution is -2.14. The molecule has 1 amide bonds. The number of rotatable bonds is 3. The quantitative estimate of drug-likeness (QED) is 0.842. The molecular weight excluding hydrogens is 252 g/mol. The summed E-state index contributed by atoms with van der Waals surface area (Å²) < 4.78 is 5.20. The number of amides is 1. The minimum absolute atomic E-state index is 0.212. The Hall–Kier alpha value is -2.49. The van der Waals surface area contributed by atoms with Crippen LogP contribution < -0.4 is 15.8 Å². The number of aryl methyl sites for hydroxylation is 2. The summed E-state index contributed by atoms with van der Waals surface area (Å²) in [5.74, 6) is 0.253. The summed E-state index contributed by atoms with van der Waals surface area (Å²) in [4.78, 5) is 12.3. The van der Waals surface area contributed by atoms with Gasteiger partial charge in [0.2, 0.25) is 0 Å². The first-order valence-electron chi connectivity index (χ1n) is 6.33.